The fourth-order valence-corrected chi connectivity index (χ4v) is 2.82. The first kappa shape index (κ1) is 17.7. The van der Waals surface area contributed by atoms with E-state index in [1.807, 2.05) is 33.8 Å². The minimum absolute atomic E-state index is 0.0341. The van der Waals surface area contributed by atoms with E-state index in [-0.39, 0.29) is 24.0 Å². The van der Waals surface area contributed by atoms with Crippen molar-refractivity contribution in [3.63, 3.8) is 0 Å². The van der Waals surface area contributed by atoms with Gasteiger partial charge in [0.05, 0.1) is 0 Å². The first-order chi connectivity index (χ1) is 10.8. The Balaban J connectivity index is 1.90. The molecule has 128 valence electrons. The number of hydrogen-bond donors (Lipinski definition) is 1. The Bertz CT molecular complexity index is 542. The smallest absolute Gasteiger partial charge is 0.410 e. The van der Waals surface area contributed by atoms with E-state index in [1.165, 1.54) is 12.1 Å². The van der Waals surface area contributed by atoms with E-state index in [4.69, 9.17) is 4.74 Å². The molecule has 1 unspecified atom stereocenters. The van der Waals surface area contributed by atoms with Gasteiger partial charge in [-0.05, 0) is 58.2 Å². The average molecular weight is 322 g/mol. The van der Waals surface area contributed by atoms with Crippen LogP contribution in [-0.4, -0.2) is 35.7 Å². The molecule has 1 aliphatic heterocycles. The summed E-state index contributed by atoms with van der Waals surface area (Å²) in [5, 5.41) is 3.40. The molecule has 0 radical (unpaired) electrons. The molecular formula is C18H27FN2O2. The van der Waals surface area contributed by atoms with Gasteiger partial charge in [-0.1, -0.05) is 12.1 Å². The summed E-state index contributed by atoms with van der Waals surface area (Å²) in [5.41, 5.74) is 0.429. The molecule has 0 saturated carbocycles. The third kappa shape index (κ3) is 5.20. The highest BCUT2D eigenvalue weighted by Gasteiger charge is 2.32. The Hall–Kier alpha value is -1.62. The highest BCUT2D eigenvalue weighted by Crippen LogP contribution is 2.21. The highest BCUT2D eigenvalue weighted by atomic mass is 19.1. The van der Waals surface area contributed by atoms with Gasteiger partial charge in [0.1, 0.15) is 11.4 Å². The van der Waals surface area contributed by atoms with Crippen LogP contribution in [0.25, 0.3) is 0 Å². The summed E-state index contributed by atoms with van der Waals surface area (Å²) in [6, 6.07) is 6.76. The minimum atomic E-state index is -0.480. The van der Waals surface area contributed by atoms with E-state index < -0.39 is 5.60 Å². The third-order valence-corrected chi connectivity index (χ3v) is 4.01. The zero-order valence-electron chi connectivity index (χ0n) is 14.4. The predicted octanol–water partition coefficient (Wildman–Crippen LogP) is 3.88. The fourth-order valence-electron chi connectivity index (χ4n) is 2.82. The number of likely N-dealkylation sites (tertiary alicyclic amines) is 1. The molecule has 1 heterocycles. The van der Waals surface area contributed by atoms with Crippen LogP contribution >= 0.6 is 0 Å². The summed E-state index contributed by atoms with van der Waals surface area (Å²) in [6.07, 6.45) is 1.70. The molecule has 1 aliphatic rings. The summed E-state index contributed by atoms with van der Waals surface area (Å²) in [5.74, 6) is -0.229. The van der Waals surface area contributed by atoms with Crippen molar-refractivity contribution in [2.24, 2.45) is 0 Å². The van der Waals surface area contributed by atoms with Crippen molar-refractivity contribution in [3.8, 4) is 0 Å². The number of rotatable bonds is 4. The van der Waals surface area contributed by atoms with Crippen LogP contribution in [0.1, 0.15) is 52.1 Å². The maximum Gasteiger partial charge on any atom is 0.410 e. The molecule has 0 bridgehead atoms. The van der Waals surface area contributed by atoms with Crippen molar-refractivity contribution < 1.29 is 13.9 Å². The van der Waals surface area contributed by atoms with Gasteiger partial charge in [0.2, 0.25) is 0 Å². The average Bonchev–Trinajstić information content (AvgIpc) is 2.91. The van der Waals surface area contributed by atoms with Crippen molar-refractivity contribution in [1.29, 1.82) is 0 Å². The quantitative estimate of drug-likeness (QED) is 0.915. The zero-order chi connectivity index (χ0) is 17.0. The van der Waals surface area contributed by atoms with Gasteiger partial charge < -0.3 is 15.0 Å². The zero-order valence-corrected chi connectivity index (χ0v) is 14.4. The largest absolute Gasteiger partial charge is 0.444 e. The van der Waals surface area contributed by atoms with Crippen LogP contribution in [0.2, 0.25) is 0 Å². The van der Waals surface area contributed by atoms with E-state index in [2.05, 4.69) is 5.32 Å². The lowest BCUT2D eigenvalue weighted by molar-refractivity contribution is 0.0225. The molecule has 1 saturated heterocycles. The number of halogens is 1. The molecule has 2 atom stereocenters. The van der Waals surface area contributed by atoms with Gasteiger partial charge in [0.25, 0.3) is 0 Å². The van der Waals surface area contributed by atoms with E-state index in [0.29, 0.717) is 6.54 Å². The van der Waals surface area contributed by atoms with Gasteiger partial charge in [-0.2, -0.15) is 0 Å². The molecule has 1 aromatic carbocycles. The maximum atomic E-state index is 13.3. The highest BCUT2D eigenvalue weighted by molar-refractivity contribution is 5.69. The maximum absolute atomic E-state index is 13.3. The summed E-state index contributed by atoms with van der Waals surface area (Å²) < 4.78 is 18.8. The Morgan fingerprint density at radius 3 is 2.87 bits per heavy atom. The first-order valence-electron chi connectivity index (χ1n) is 8.25. The van der Waals surface area contributed by atoms with Crippen LogP contribution in [0, 0.1) is 5.82 Å². The molecule has 0 aromatic heterocycles. The van der Waals surface area contributed by atoms with Gasteiger partial charge in [0.15, 0.2) is 0 Å². The number of carbonyl (C=O) groups is 1. The topological polar surface area (TPSA) is 41.6 Å². The Kier molecular flexibility index (Phi) is 5.63. The first-order valence-corrected chi connectivity index (χ1v) is 8.25. The van der Waals surface area contributed by atoms with Crippen LogP contribution < -0.4 is 5.32 Å². The molecule has 0 spiro atoms. The molecule has 23 heavy (non-hydrogen) atoms. The van der Waals surface area contributed by atoms with E-state index in [0.717, 1.165) is 24.9 Å². The van der Waals surface area contributed by atoms with Crippen molar-refractivity contribution in [1.82, 2.24) is 10.2 Å². The van der Waals surface area contributed by atoms with Crippen molar-refractivity contribution in [3.05, 3.63) is 35.6 Å². The van der Waals surface area contributed by atoms with Crippen LogP contribution in [0.5, 0.6) is 0 Å². The van der Waals surface area contributed by atoms with Crippen molar-refractivity contribution in [2.75, 3.05) is 13.1 Å². The molecule has 1 N–H and O–H groups in total. The predicted molar refractivity (Wildman–Crippen MR) is 88.8 cm³/mol. The van der Waals surface area contributed by atoms with Crippen LogP contribution in [0.15, 0.2) is 24.3 Å². The number of carbonyl (C=O) groups excluding carboxylic acids is 1. The lowest BCUT2D eigenvalue weighted by Crippen LogP contribution is -2.44. The number of nitrogens with one attached hydrogen (secondary N) is 1. The molecule has 1 aromatic rings. The Morgan fingerprint density at radius 2 is 2.22 bits per heavy atom. The molecular weight excluding hydrogens is 295 g/mol. The fraction of sp³-hybridized carbons (Fsp3) is 0.611. The molecule has 0 aliphatic carbocycles. The lowest BCUT2D eigenvalue weighted by Gasteiger charge is -2.29. The van der Waals surface area contributed by atoms with Gasteiger partial charge in [-0.25, -0.2) is 9.18 Å². The van der Waals surface area contributed by atoms with Crippen LogP contribution in [0.3, 0.4) is 0 Å². The minimum Gasteiger partial charge on any atom is -0.444 e. The van der Waals surface area contributed by atoms with Gasteiger partial charge in [-0.3, -0.25) is 0 Å². The van der Waals surface area contributed by atoms with E-state index >= 15 is 0 Å². The van der Waals surface area contributed by atoms with Crippen LogP contribution in [0.4, 0.5) is 9.18 Å². The second-order valence-electron chi connectivity index (χ2n) is 7.15. The number of amides is 1. The van der Waals surface area contributed by atoms with E-state index in [9.17, 15) is 9.18 Å². The summed E-state index contributed by atoms with van der Waals surface area (Å²) in [6.45, 7) is 9.04. The summed E-state index contributed by atoms with van der Waals surface area (Å²) in [7, 11) is 0. The SMILES string of the molecule is C[C@@H](NCC1CCCN1C(=O)OC(C)(C)C)c1cccc(F)c1. The number of ether oxygens (including phenoxy) is 1. The number of hydrogen-bond acceptors (Lipinski definition) is 3. The summed E-state index contributed by atoms with van der Waals surface area (Å²) in [4.78, 5) is 14.1. The van der Waals surface area contributed by atoms with Crippen molar-refractivity contribution >= 4 is 6.09 Å². The number of nitrogens with zero attached hydrogens (tertiary/aromatic N) is 1. The van der Waals surface area contributed by atoms with E-state index in [1.54, 1.807) is 11.0 Å². The second kappa shape index (κ2) is 7.30. The van der Waals surface area contributed by atoms with Crippen LogP contribution in [-0.2, 0) is 4.74 Å². The Morgan fingerprint density at radius 1 is 1.48 bits per heavy atom. The van der Waals surface area contributed by atoms with Gasteiger partial charge >= 0.3 is 6.09 Å². The third-order valence-electron chi connectivity index (χ3n) is 4.01. The second-order valence-corrected chi connectivity index (χ2v) is 7.15. The molecule has 1 fully saturated rings. The molecule has 5 heteroatoms. The summed E-state index contributed by atoms with van der Waals surface area (Å²) >= 11 is 0. The van der Waals surface area contributed by atoms with Gasteiger partial charge in [0, 0.05) is 25.2 Å². The standard InChI is InChI=1S/C18H27FN2O2/c1-13(14-7-5-8-15(19)11-14)20-12-16-9-6-10-21(16)17(22)23-18(2,3)4/h5,7-8,11,13,16,20H,6,9-10,12H2,1-4H3/t13-,16?/m1/s1. The molecule has 1 amide bonds. The molecule has 2 rings (SSSR count). The number of benzene rings is 1. The molecule has 4 nitrogen and oxygen atoms in total. The van der Waals surface area contributed by atoms with Gasteiger partial charge in [-0.15, -0.1) is 0 Å². The lowest BCUT2D eigenvalue weighted by atomic mass is 10.1. The van der Waals surface area contributed by atoms with Crippen molar-refractivity contribution in [2.45, 2.75) is 58.2 Å². The Labute approximate surface area is 138 Å². The normalized spacial score (nSPS) is 19.7. The monoisotopic (exact) mass is 322 g/mol.